The van der Waals surface area contributed by atoms with Gasteiger partial charge in [-0.2, -0.15) is 0 Å². The van der Waals surface area contributed by atoms with Crippen LogP contribution in [0.1, 0.15) is 53.6 Å². The van der Waals surface area contributed by atoms with Crippen LogP contribution >= 0.6 is 0 Å². The fourth-order valence-electron chi connectivity index (χ4n) is 3.63. The van der Waals surface area contributed by atoms with Crippen LogP contribution in [0.15, 0.2) is 36.4 Å². The van der Waals surface area contributed by atoms with E-state index in [-0.39, 0.29) is 11.9 Å². The van der Waals surface area contributed by atoms with Crippen molar-refractivity contribution in [2.45, 2.75) is 52.0 Å². The van der Waals surface area contributed by atoms with Gasteiger partial charge in [-0.15, -0.1) is 0 Å². The van der Waals surface area contributed by atoms with E-state index in [1.165, 1.54) is 36.0 Å². The van der Waals surface area contributed by atoms with Gasteiger partial charge in [0.2, 0.25) is 5.91 Å². The van der Waals surface area contributed by atoms with Crippen LogP contribution in [-0.2, 0) is 24.1 Å². The second-order valence-corrected chi connectivity index (χ2v) is 7.01. The van der Waals surface area contributed by atoms with Gasteiger partial charge in [0.05, 0.1) is 19.6 Å². The average Bonchev–Trinajstić information content (AvgIpc) is 2.61. The van der Waals surface area contributed by atoms with Gasteiger partial charge in [0.1, 0.15) is 5.75 Å². The molecule has 3 heteroatoms. The first-order chi connectivity index (χ1) is 12.1. The van der Waals surface area contributed by atoms with Gasteiger partial charge in [-0.25, -0.2) is 0 Å². The molecule has 1 aliphatic rings. The zero-order chi connectivity index (χ0) is 17.8. The number of benzene rings is 2. The van der Waals surface area contributed by atoms with Gasteiger partial charge in [-0.3, -0.25) is 4.79 Å². The van der Waals surface area contributed by atoms with Crippen LogP contribution in [0.3, 0.4) is 0 Å². The number of ether oxygens (including phenoxy) is 1. The third kappa shape index (κ3) is 4.22. The number of aryl methyl sites for hydroxylation is 3. The van der Waals surface area contributed by atoms with E-state index in [9.17, 15) is 4.79 Å². The van der Waals surface area contributed by atoms with Gasteiger partial charge >= 0.3 is 0 Å². The Kier molecular flexibility index (Phi) is 5.42. The summed E-state index contributed by atoms with van der Waals surface area (Å²) in [4.78, 5) is 12.4. The van der Waals surface area contributed by atoms with Crippen LogP contribution in [0.25, 0.3) is 0 Å². The van der Waals surface area contributed by atoms with Crippen molar-refractivity contribution >= 4 is 5.91 Å². The average molecular weight is 337 g/mol. The van der Waals surface area contributed by atoms with Gasteiger partial charge < -0.3 is 10.1 Å². The number of hydrogen-bond acceptors (Lipinski definition) is 2. The topological polar surface area (TPSA) is 38.3 Å². The summed E-state index contributed by atoms with van der Waals surface area (Å²) in [5.74, 6) is 0.904. The maximum Gasteiger partial charge on any atom is 0.224 e. The highest BCUT2D eigenvalue weighted by atomic mass is 16.5. The molecule has 1 aliphatic carbocycles. The van der Waals surface area contributed by atoms with Gasteiger partial charge in [0.25, 0.3) is 0 Å². The Morgan fingerprint density at radius 3 is 2.60 bits per heavy atom. The third-order valence-electron chi connectivity index (χ3n) is 5.07. The zero-order valence-electron chi connectivity index (χ0n) is 15.4. The number of hydrogen-bond donors (Lipinski definition) is 1. The van der Waals surface area contributed by atoms with E-state index in [1.54, 1.807) is 7.11 Å². The molecule has 0 unspecified atom stereocenters. The monoisotopic (exact) mass is 337 g/mol. The van der Waals surface area contributed by atoms with Gasteiger partial charge in [-0.1, -0.05) is 30.3 Å². The van der Waals surface area contributed by atoms with Crippen LogP contribution in [0.4, 0.5) is 0 Å². The van der Waals surface area contributed by atoms with Crippen molar-refractivity contribution in [1.29, 1.82) is 0 Å². The first-order valence-corrected chi connectivity index (χ1v) is 9.11. The number of carbonyl (C=O) groups excluding carboxylic acids is 1. The smallest absolute Gasteiger partial charge is 0.224 e. The fraction of sp³-hybridized carbons (Fsp3) is 0.409. The van der Waals surface area contributed by atoms with E-state index in [1.807, 2.05) is 25.1 Å². The summed E-state index contributed by atoms with van der Waals surface area (Å²) in [6.07, 6.45) is 5.30. The number of amides is 1. The molecule has 0 saturated heterocycles. The Balaban J connectivity index is 1.63. The van der Waals surface area contributed by atoms with Crippen LogP contribution in [0, 0.1) is 6.92 Å². The molecule has 0 aromatic heterocycles. The molecule has 2 aromatic rings. The predicted octanol–water partition coefficient (Wildman–Crippen LogP) is 4.30. The summed E-state index contributed by atoms with van der Waals surface area (Å²) in [7, 11) is 1.66. The lowest BCUT2D eigenvalue weighted by molar-refractivity contribution is -0.121. The summed E-state index contributed by atoms with van der Waals surface area (Å²) < 4.78 is 5.27. The molecule has 0 saturated carbocycles. The zero-order valence-corrected chi connectivity index (χ0v) is 15.4. The van der Waals surface area contributed by atoms with Crippen molar-refractivity contribution in [1.82, 2.24) is 5.32 Å². The first-order valence-electron chi connectivity index (χ1n) is 9.11. The Labute approximate surface area is 150 Å². The summed E-state index contributed by atoms with van der Waals surface area (Å²) >= 11 is 0. The maximum absolute atomic E-state index is 12.4. The Morgan fingerprint density at radius 2 is 1.88 bits per heavy atom. The second kappa shape index (κ2) is 7.73. The molecular weight excluding hydrogens is 310 g/mol. The molecule has 0 bridgehead atoms. The molecule has 3 rings (SSSR count). The molecule has 1 N–H and O–H groups in total. The number of rotatable bonds is 5. The minimum Gasteiger partial charge on any atom is -0.496 e. The highest BCUT2D eigenvalue weighted by molar-refractivity contribution is 5.79. The lowest BCUT2D eigenvalue weighted by atomic mass is 9.89. The molecule has 3 nitrogen and oxygen atoms in total. The van der Waals surface area contributed by atoms with Crippen molar-refractivity contribution < 1.29 is 9.53 Å². The molecular formula is C22H27NO2. The number of methoxy groups -OCH3 is 1. The SMILES string of the molecule is COc1ccc(CC(=O)N[C@@H](C)c2ccc3c(c2)CCCC3)cc1C. The van der Waals surface area contributed by atoms with E-state index in [0.29, 0.717) is 6.42 Å². The van der Waals surface area contributed by atoms with E-state index in [0.717, 1.165) is 23.3 Å². The van der Waals surface area contributed by atoms with Gasteiger partial charge in [-0.05, 0) is 73.4 Å². The molecule has 25 heavy (non-hydrogen) atoms. The summed E-state index contributed by atoms with van der Waals surface area (Å²) in [6, 6.07) is 12.6. The van der Waals surface area contributed by atoms with Crippen molar-refractivity contribution in [2.75, 3.05) is 7.11 Å². The van der Waals surface area contributed by atoms with Crippen molar-refractivity contribution in [3.05, 3.63) is 64.2 Å². The second-order valence-electron chi connectivity index (χ2n) is 7.01. The van der Waals surface area contributed by atoms with E-state index >= 15 is 0 Å². The molecule has 132 valence electrons. The van der Waals surface area contributed by atoms with E-state index < -0.39 is 0 Å². The summed E-state index contributed by atoms with van der Waals surface area (Å²) in [5.41, 5.74) is 6.18. The molecule has 0 spiro atoms. The fourth-order valence-corrected chi connectivity index (χ4v) is 3.63. The summed E-state index contributed by atoms with van der Waals surface area (Å²) in [5, 5.41) is 3.13. The molecule has 1 atom stereocenters. The molecule has 0 fully saturated rings. The largest absolute Gasteiger partial charge is 0.496 e. The van der Waals surface area contributed by atoms with E-state index in [2.05, 4.69) is 30.4 Å². The number of nitrogens with one attached hydrogen (secondary N) is 1. The minimum absolute atomic E-state index is 0.0269. The number of fused-ring (bicyclic) bond motifs is 1. The highest BCUT2D eigenvalue weighted by Gasteiger charge is 2.14. The highest BCUT2D eigenvalue weighted by Crippen LogP contribution is 2.25. The normalized spacial score (nSPS) is 14.5. The quantitative estimate of drug-likeness (QED) is 0.883. The Bertz CT molecular complexity index is 767. The lowest BCUT2D eigenvalue weighted by Crippen LogP contribution is -2.28. The van der Waals surface area contributed by atoms with Gasteiger partial charge in [0.15, 0.2) is 0 Å². The molecule has 1 amide bonds. The molecule has 0 heterocycles. The standard InChI is InChI=1S/C22H27NO2/c1-15-12-17(8-11-21(15)25-3)13-22(24)23-16(2)19-10-9-18-6-4-5-7-20(18)14-19/h8-12,14,16H,4-7,13H2,1-3H3,(H,23,24)/t16-/m0/s1. The maximum atomic E-state index is 12.4. The third-order valence-corrected chi connectivity index (χ3v) is 5.07. The number of carbonyl (C=O) groups is 1. The van der Waals surface area contributed by atoms with Crippen molar-refractivity contribution in [3.63, 3.8) is 0 Å². The van der Waals surface area contributed by atoms with Crippen molar-refractivity contribution in [3.8, 4) is 5.75 Å². The molecule has 0 aliphatic heterocycles. The van der Waals surface area contributed by atoms with Crippen LogP contribution in [-0.4, -0.2) is 13.0 Å². The van der Waals surface area contributed by atoms with Crippen LogP contribution in [0.2, 0.25) is 0 Å². The summed E-state index contributed by atoms with van der Waals surface area (Å²) in [6.45, 7) is 4.05. The predicted molar refractivity (Wildman–Crippen MR) is 101 cm³/mol. The lowest BCUT2D eigenvalue weighted by Gasteiger charge is -2.20. The van der Waals surface area contributed by atoms with E-state index in [4.69, 9.17) is 4.74 Å². The van der Waals surface area contributed by atoms with Gasteiger partial charge in [0, 0.05) is 0 Å². The van der Waals surface area contributed by atoms with Crippen LogP contribution in [0.5, 0.6) is 5.75 Å². The minimum atomic E-state index is 0.0269. The molecule has 2 aromatic carbocycles. The molecule has 0 radical (unpaired) electrons. The first kappa shape index (κ1) is 17.5. The Morgan fingerprint density at radius 1 is 1.12 bits per heavy atom. The van der Waals surface area contributed by atoms with Crippen LogP contribution < -0.4 is 10.1 Å². The van der Waals surface area contributed by atoms with Crippen molar-refractivity contribution in [2.24, 2.45) is 0 Å². The Hall–Kier alpha value is -2.29.